The SMILES string of the molecule is CC(=O)[C@]12Cc3cnn(-c4ccc(C)cc4)c3C=C1CCN(C(=O)OC(C)(C)C)C2. The zero-order chi connectivity index (χ0) is 21.7. The average Bonchev–Trinajstić information content (AvgIpc) is 3.07. The molecule has 1 fully saturated rings. The first kappa shape index (κ1) is 20.4. The molecule has 158 valence electrons. The van der Waals surface area contributed by atoms with Crippen molar-refractivity contribution in [2.75, 3.05) is 13.1 Å². The number of hydrogen-bond acceptors (Lipinski definition) is 4. The fraction of sp³-hybridized carbons (Fsp3) is 0.458. The van der Waals surface area contributed by atoms with E-state index in [4.69, 9.17) is 4.74 Å². The van der Waals surface area contributed by atoms with Gasteiger partial charge in [0, 0.05) is 13.1 Å². The first-order valence-electron chi connectivity index (χ1n) is 10.4. The van der Waals surface area contributed by atoms with E-state index in [1.54, 1.807) is 11.8 Å². The monoisotopic (exact) mass is 407 g/mol. The molecule has 2 aromatic rings. The van der Waals surface area contributed by atoms with Crippen LogP contribution in [0.3, 0.4) is 0 Å². The van der Waals surface area contributed by atoms with Crippen molar-refractivity contribution in [1.82, 2.24) is 14.7 Å². The Morgan fingerprint density at radius 1 is 1.17 bits per heavy atom. The van der Waals surface area contributed by atoms with Crippen LogP contribution in [-0.2, 0) is 16.0 Å². The average molecular weight is 408 g/mol. The molecule has 1 saturated heterocycles. The number of benzene rings is 1. The van der Waals surface area contributed by atoms with Crippen LogP contribution in [0.2, 0.25) is 0 Å². The molecule has 1 aliphatic heterocycles. The maximum absolute atomic E-state index is 12.9. The summed E-state index contributed by atoms with van der Waals surface area (Å²) in [5.41, 5.74) is 4.06. The van der Waals surface area contributed by atoms with Crippen LogP contribution in [0.1, 0.15) is 50.9 Å². The fourth-order valence-electron chi connectivity index (χ4n) is 4.39. The van der Waals surface area contributed by atoms with Crippen molar-refractivity contribution in [3.05, 3.63) is 52.9 Å². The number of fused-ring (bicyclic) bond motifs is 2. The molecule has 1 amide bonds. The highest BCUT2D eigenvalue weighted by atomic mass is 16.6. The Bertz CT molecular complexity index is 1030. The third kappa shape index (κ3) is 3.55. The van der Waals surface area contributed by atoms with E-state index < -0.39 is 11.0 Å². The number of piperidine rings is 1. The number of ketones is 1. The summed E-state index contributed by atoms with van der Waals surface area (Å²) in [6.07, 6.45) is 4.80. The Kier molecular flexibility index (Phi) is 4.83. The summed E-state index contributed by atoms with van der Waals surface area (Å²) < 4.78 is 7.50. The number of likely N-dealkylation sites (tertiary alicyclic amines) is 1. The van der Waals surface area contributed by atoms with Gasteiger partial charge in [-0.2, -0.15) is 5.10 Å². The lowest BCUT2D eigenvalue weighted by atomic mass is 9.66. The van der Waals surface area contributed by atoms with Crippen molar-refractivity contribution in [3.63, 3.8) is 0 Å². The van der Waals surface area contributed by atoms with Crippen LogP contribution < -0.4 is 0 Å². The molecule has 1 aromatic heterocycles. The van der Waals surface area contributed by atoms with E-state index in [0.29, 0.717) is 25.9 Å². The summed E-state index contributed by atoms with van der Waals surface area (Å²) in [6.45, 7) is 10.1. The molecule has 4 rings (SSSR count). The van der Waals surface area contributed by atoms with Crippen molar-refractivity contribution in [2.24, 2.45) is 5.41 Å². The minimum absolute atomic E-state index is 0.0794. The molecule has 1 aliphatic carbocycles. The van der Waals surface area contributed by atoms with E-state index in [-0.39, 0.29) is 11.9 Å². The standard InChI is InChI=1S/C24H29N3O3/c1-16-6-8-20(9-7-16)27-21-12-19-10-11-26(22(29)30-23(3,4)5)15-24(19,17(2)28)13-18(21)14-25-27/h6-9,12,14H,10-11,13,15H2,1-5H3/t24-/m1/s1. The molecule has 0 radical (unpaired) electrons. The Hall–Kier alpha value is -2.89. The van der Waals surface area contributed by atoms with Crippen LogP contribution in [0, 0.1) is 12.3 Å². The summed E-state index contributed by atoms with van der Waals surface area (Å²) in [4.78, 5) is 27.2. The van der Waals surface area contributed by atoms with Crippen molar-refractivity contribution >= 4 is 18.0 Å². The van der Waals surface area contributed by atoms with Gasteiger partial charge in [0.2, 0.25) is 0 Å². The van der Waals surface area contributed by atoms with Gasteiger partial charge >= 0.3 is 6.09 Å². The Balaban J connectivity index is 1.68. The second-order valence-corrected chi connectivity index (χ2v) is 9.44. The Morgan fingerprint density at radius 2 is 1.87 bits per heavy atom. The molecule has 30 heavy (non-hydrogen) atoms. The molecule has 2 heterocycles. The summed E-state index contributed by atoms with van der Waals surface area (Å²) >= 11 is 0. The smallest absolute Gasteiger partial charge is 0.410 e. The van der Waals surface area contributed by atoms with Gasteiger partial charge in [-0.15, -0.1) is 0 Å². The molecule has 0 unspecified atom stereocenters. The van der Waals surface area contributed by atoms with Gasteiger partial charge in [0.15, 0.2) is 0 Å². The number of hydrogen-bond donors (Lipinski definition) is 0. The molecule has 1 atom stereocenters. The van der Waals surface area contributed by atoms with Gasteiger partial charge in [0.05, 0.1) is 23.0 Å². The molecular weight excluding hydrogens is 378 g/mol. The zero-order valence-corrected chi connectivity index (χ0v) is 18.4. The van der Waals surface area contributed by atoms with E-state index in [2.05, 4.69) is 42.4 Å². The Labute approximate surface area is 177 Å². The molecule has 0 saturated carbocycles. The number of amides is 1. The maximum atomic E-state index is 12.9. The van der Waals surface area contributed by atoms with Crippen LogP contribution in [0.25, 0.3) is 11.8 Å². The topological polar surface area (TPSA) is 64.4 Å². The lowest BCUT2D eigenvalue weighted by Gasteiger charge is -2.45. The lowest BCUT2D eigenvalue weighted by Crippen LogP contribution is -2.53. The predicted molar refractivity (Wildman–Crippen MR) is 116 cm³/mol. The largest absolute Gasteiger partial charge is 0.444 e. The summed E-state index contributed by atoms with van der Waals surface area (Å²) in [5, 5.41) is 4.60. The van der Waals surface area contributed by atoms with E-state index in [1.807, 2.05) is 31.6 Å². The number of aromatic nitrogens is 2. The van der Waals surface area contributed by atoms with Crippen LogP contribution in [0.5, 0.6) is 0 Å². The summed E-state index contributed by atoms with van der Waals surface area (Å²) in [5.74, 6) is 0.0794. The number of nitrogens with zero attached hydrogens (tertiary/aromatic N) is 3. The third-order valence-corrected chi connectivity index (χ3v) is 6.02. The van der Waals surface area contributed by atoms with Crippen LogP contribution in [-0.4, -0.2) is 45.2 Å². The first-order valence-corrected chi connectivity index (χ1v) is 10.4. The van der Waals surface area contributed by atoms with Gasteiger partial charge < -0.3 is 9.64 Å². The number of carbonyl (C=O) groups excluding carboxylic acids is 2. The van der Waals surface area contributed by atoms with Gasteiger partial charge in [-0.1, -0.05) is 23.3 Å². The number of aryl methyl sites for hydroxylation is 1. The summed E-state index contributed by atoms with van der Waals surface area (Å²) in [6, 6.07) is 8.25. The number of ether oxygens (including phenoxy) is 1. The molecule has 1 aromatic carbocycles. The van der Waals surface area contributed by atoms with E-state index in [9.17, 15) is 9.59 Å². The molecule has 0 spiro atoms. The maximum Gasteiger partial charge on any atom is 0.410 e. The van der Waals surface area contributed by atoms with Crippen molar-refractivity contribution in [2.45, 2.75) is 53.1 Å². The van der Waals surface area contributed by atoms with Crippen LogP contribution in [0.15, 0.2) is 36.0 Å². The molecule has 0 N–H and O–H groups in total. The quantitative estimate of drug-likeness (QED) is 0.743. The highest BCUT2D eigenvalue weighted by Crippen LogP contribution is 2.45. The normalized spacial score (nSPS) is 20.8. The van der Waals surface area contributed by atoms with Crippen molar-refractivity contribution in [3.8, 4) is 5.69 Å². The van der Waals surface area contributed by atoms with Gasteiger partial charge in [-0.05, 0) is 71.2 Å². The first-order chi connectivity index (χ1) is 14.1. The van der Waals surface area contributed by atoms with E-state index in [0.717, 1.165) is 22.5 Å². The van der Waals surface area contributed by atoms with Gasteiger partial charge in [0.1, 0.15) is 11.4 Å². The van der Waals surface area contributed by atoms with Crippen molar-refractivity contribution < 1.29 is 14.3 Å². The zero-order valence-electron chi connectivity index (χ0n) is 18.4. The molecular formula is C24H29N3O3. The lowest BCUT2D eigenvalue weighted by molar-refractivity contribution is -0.126. The number of carbonyl (C=O) groups is 2. The van der Waals surface area contributed by atoms with E-state index >= 15 is 0 Å². The molecule has 6 heteroatoms. The Morgan fingerprint density at radius 3 is 2.50 bits per heavy atom. The van der Waals surface area contributed by atoms with Gasteiger partial charge in [-0.25, -0.2) is 9.48 Å². The van der Waals surface area contributed by atoms with Crippen LogP contribution >= 0.6 is 0 Å². The minimum Gasteiger partial charge on any atom is -0.444 e. The highest BCUT2D eigenvalue weighted by molar-refractivity contribution is 5.90. The number of Topliss-reactive ketones (excluding diaryl/α,β-unsaturated/α-hetero) is 1. The number of rotatable bonds is 2. The second kappa shape index (κ2) is 7.11. The predicted octanol–water partition coefficient (Wildman–Crippen LogP) is 4.34. The molecule has 6 nitrogen and oxygen atoms in total. The van der Waals surface area contributed by atoms with Crippen molar-refractivity contribution in [1.29, 1.82) is 0 Å². The molecule has 2 aliphatic rings. The van der Waals surface area contributed by atoms with Gasteiger partial charge in [-0.3, -0.25) is 4.79 Å². The second-order valence-electron chi connectivity index (χ2n) is 9.44. The van der Waals surface area contributed by atoms with Crippen LogP contribution in [0.4, 0.5) is 4.79 Å². The summed E-state index contributed by atoms with van der Waals surface area (Å²) in [7, 11) is 0. The van der Waals surface area contributed by atoms with Gasteiger partial charge in [0.25, 0.3) is 0 Å². The fourth-order valence-corrected chi connectivity index (χ4v) is 4.39. The third-order valence-electron chi connectivity index (χ3n) is 6.02. The molecule has 0 bridgehead atoms. The minimum atomic E-state index is -0.705. The van der Waals surface area contributed by atoms with E-state index in [1.165, 1.54) is 5.56 Å². The highest BCUT2D eigenvalue weighted by Gasteiger charge is 2.48.